The maximum Gasteiger partial charge on any atom is 0.491 e. The number of rotatable bonds is 8. The van der Waals surface area contributed by atoms with Crippen LogP contribution in [0.2, 0.25) is 0 Å². The minimum Gasteiger partial charge on any atom is -0.423 e. The van der Waals surface area contributed by atoms with Gasteiger partial charge in [-0.05, 0) is 55.5 Å². The van der Waals surface area contributed by atoms with Gasteiger partial charge in [0, 0.05) is 6.10 Å². The molecule has 0 bridgehead atoms. The zero-order valence-corrected chi connectivity index (χ0v) is 15.4. The van der Waals surface area contributed by atoms with Crippen LogP contribution in [0.5, 0.6) is 0 Å². The zero-order chi connectivity index (χ0) is 16.9. The SMILES string of the molecule is CCC(CC)(CC)c1ccc(B(O)OC(C)C(C)C)c(C)c1. The smallest absolute Gasteiger partial charge is 0.423 e. The van der Waals surface area contributed by atoms with Crippen molar-refractivity contribution in [3.8, 4) is 0 Å². The molecule has 3 heteroatoms. The Morgan fingerprint density at radius 1 is 1.09 bits per heavy atom. The van der Waals surface area contributed by atoms with Gasteiger partial charge in [-0.25, -0.2) is 0 Å². The highest BCUT2D eigenvalue weighted by atomic mass is 16.5. The van der Waals surface area contributed by atoms with Gasteiger partial charge in [0.15, 0.2) is 0 Å². The molecular formula is C19H33BO2. The van der Waals surface area contributed by atoms with Gasteiger partial charge in [0.2, 0.25) is 0 Å². The van der Waals surface area contributed by atoms with Crippen molar-refractivity contribution in [1.29, 1.82) is 0 Å². The molecule has 0 saturated heterocycles. The normalized spacial score (nSPS) is 13.5. The number of hydrogen-bond acceptors (Lipinski definition) is 2. The Hall–Kier alpha value is -0.795. The standard InChI is InChI=1S/C19H33BO2/c1-8-19(9-2,10-3)17-11-12-18(15(6)13-17)20(21)22-16(7)14(4)5/h11-14,16,21H,8-10H2,1-7H3. The van der Waals surface area contributed by atoms with E-state index in [0.717, 1.165) is 30.3 Å². The molecule has 1 rings (SSSR count). The Bertz CT molecular complexity index is 458. The molecule has 124 valence electrons. The molecule has 0 spiro atoms. The molecule has 0 amide bonds. The first kappa shape index (κ1) is 19.3. The summed E-state index contributed by atoms with van der Waals surface area (Å²) in [5.41, 5.74) is 3.62. The van der Waals surface area contributed by atoms with E-state index >= 15 is 0 Å². The summed E-state index contributed by atoms with van der Waals surface area (Å²) in [4.78, 5) is 0. The molecule has 1 atom stereocenters. The number of aryl methyl sites for hydroxylation is 1. The molecule has 0 saturated carbocycles. The first-order valence-corrected chi connectivity index (χ1v) is 8.75. The Morgan fingerprint density at radius 2 is 1.64 bits per heavy atom. The Balaban J connectivity index is 3.03. The van der Waals surface area contributed by atoms with Gasteiger partial charge in [0.05, 0.1) is 0 Å². The molecular weight excluding hydrogens is 271 g/mol. The van der Waals surface area contributed by atoms with E-state index in [9.17, 15) is 5.02 Å². The van der Waals surface area contributed by atoms with Crippen LogP contribution < -0.4 is 5.46 Å². The van der Waals surface area contributed by atoms with E-state index in [0.29, 0.717) is 5.92 Å². The Kier molecular flexibility index (Phi) is 7.15. The van der Waals surface area contributed by atoms with Crippen LogP contribution in [0.3, 0.4) is 0 Å². The van der Waals surface area contributed by atoms with E-state index in [1.807, 2.05) is 13.0 Å². The highest BCUT2D eigenvalue weighted by molar-refractivity contribution is 6.60. The molecule has 1 N–H and O–H groups in total. The van der Waals surface area contributed by atoms with Gasteiger partial charge in [-0.1, -0.05) is 58.4 Å². The van der Waals surface area contributed by atoms with Crippen molar-refractivity contribution in [1.82, 2.24) is 0 Å². The van der Waals surface area contributed by atoms with Crippen molar-refractivity contribution in [3.63, 3.8) is 0 Å². The Morgan fingerprint density at radius 3 is 2.05 bits per heavy atom. The first-order valence-electron chi connectivity index (χ1n) is 8.75. The predicted octanol–water partition coefficient (Wildman–Crippen LogP) is 4.21. The lowest BCUT2D eigenvalue weighted by atomic mass is 9.70. The summed E-state index contributed by atoms with van der Waals surface area (Å²) in [7, 11) is -0.842. The van der Waals surface area contributed by atoms with E-state index < -0.39 is 7.12 Å². The van der Waals surface area contributed by atoms with Crippen LogP contribution in [0.25, 0.3) is 0 Å². The van der Waals surface area contributed by atoms with E-state index in [1.54, 1.807) is 0 Å². The quantitative estimate of drug-likeness (QED) is 0.729. The molecule has 1 aromatic carbocycles. The summed E-state index contributed by atoms with van der Waals surface area (Å²) in [6, 6.07) is 6.45. The lowest BCUT2D eigenvalue weighted by Gasteiger charge is -2.32. The molecule has 0 aliphatic carbocycles. The second-order valence-electron chi connectivity index (χ2n) is 6.85. The summed E-state index contributed by atoms with van der Waals surface area (Å²) in [6.07, 6.45) is 3.46. The summed E-state index contributed by atoms with van der Waals surface area (Å²) in [5, 5.41) is 10.4. The summed E-state index contributed by atoms with van der Waals surface area (Å²) in [5.74, 6) is 0.391. The lowest BCUT2D eigenvalue weighted by molar-refractivity contribution is 0.145. The van der Waals surface area contributed by atoms with E-state index in [4.69, 9.17) is 4.65 Å². The van der Waals surface area contributed by atoms with Crippen molar-refractivity contribution in [2.45, 2.75) is 79.2 Å². The van der Waals surface area contributed by atoms with Crippen molar-refractivity contribution >= 4 is 12.6 Å². The largest absolute Gasteiger partial charge is 0.491 e. The average Bonchev–Trinajstić information content (AvgIpc) is 2.49. The van der Waals surface area contributed by atoms with Crippen LogP contribution in [0.1, 0.15) is 71.9 Å². The molecule has 2 nitrogen and oxygen atoms in total. The monoisotopic (exact) mass is 304 g/mol. The van der Waals surface area contributed by atoms with Crippen LogP contribution in [-0.4, -0.2) is 18.2 Å². The first-order chi connectivity index (χ1) is 10.3. The molecule has 1 unspecified atom stereocenters. The van der Waals surface area contributed by atoms with Gasteiger partial charge in [-0.2, -0.15) is 0 Å². The molecule has 0 aliphatic rings. The molecule has 0 radical (unpaired) electrons. The predicted molar refractivity (Wildman–Crippen MR) is 96.7 cm³/mol. The van der Waals surface area contributed by atoms with Crippen molar-refractivity contribution in [2.75, 3.05) is 0 Å². The molecule has 22 heavy (non-hydrogen) atoms. The third-order valence-electron chi connectivity index (χ3n) is 5.46. The fraction of sp³-hybridized carbons (Fsp3) is 0.684. The summed E-state index contributed by atoms with van der Waals surface area (Å²) >= 11 is 0. The third-order valence-corrected chi connectivity index (χ3v) is 5.46. The van der Waals surface area contributed by atoms with Crippen LogP contribution in [-0.2, 0) is 10.1 Å². The molecule has 0 heterocycles. The second kappa shape index (κ2) is 8.17. The van der Waals surface area contributed by atoms with Crippen molar-refractivity contribution < 1.29 is 9.68 Å². The van der Waals surface area contributed by atoms with Gasteiger partial charge >= 0.3 is 7.12 Å². The van der Waals surface area contributed by atoms with Gasteiger partial charge in [-0.3, -0.25) is 0 Å². The van der Waals surface area contributed by atoms with Crippen LogP contribution in [0.4, 0.5) is 0 Å². The minimum atomic E-state index is -0.842. The lowest BCUT2D eigenvalue weighted by Crippen LogP contribution is -2.40. The maximum atomic E-state index is 10.4. The van der Waals surface area contributed by atoms with E-state index in [-0.39, 0.29) is 11.5 Å². The van der Waals surface area contributed by atoms with Crippen LogP contribution >= 0.6 is 0 Å². The van der Waals surface area contributed by atoms with Gasteiger partial charge in [0.25, 0.3) is 0 Å². The maximum absolute atomic E-state index is 10.4. The second-order valence-corrected chi connectivity index (χ2v) is 6.85. The minimum absolute atomic E-state index is 0.0371. The van der Waals surface area contributed by atoms with Gasteiger partial charge < -0.3 is 9.68 Å². The van der Waals surface area contributed by atoms with Crippen LogP contribution in [0.15, 0.2) is 18.2 Å². The highest BCUT2D eigenvalue weighted by Crippen LogP contribution is 2.35. The molecule has 0 aromatic heterocycles. The van der Waals surface area contributed by atoms with E-state index in [2.05, 4.69) is 53.7 Å². The number of hydrogen-bond donors (Lipinski definition) is 1. The van der Waals surface area contributed by atoms with Gasteiger partial charge in [0.1, 0.15) is 0 Å². The summed E-state index contributed by atoms with van der Waals surface area (Å²) < 4.78 is 5.74. The third kappa shape index (κ3) is 4.14. The van der Waals surface area contributed by atoms with Crippen LogP contribution in [0, 0.1) is 12.8 Å². The Labute approximate surface area is 137 Å². The molecule has 1 aromatic rings. The molecule has 0 fully saturated rings. The number of benzene rings is 1. The zero-order valence-electron chi connectivity index (χ0n) is 15.4. The highest BCUT2D eigenvalue weighted by Gasteiger charge is 2.28. The fourth-order valence-corrected chi connectivity index (χ4v) is 3.08. The topological polar surface area (TPSA) is 29.5 Å². The molecule has 0 aliphatic heterocycles. The average molecular weight is 304 g/mol. The van der Waals surface area contributed by atoms with Crippen molar-refractivity contribution in [2.24, 2.45) is 5.92 Å². The van der Waals surface area contributed by atoms with Gasteiger partial charge in [-0.15, -0.1) is 0 Å². The van der Waals surface area contributed by atoms with Crippen molar-refractivity contribution in [3.05, 3.63) is 29.3 Å². The summed E-state index contributed by atoms with van der Waals surface area (Å²) in [6.45, 7) is 15.1. The van der Waals surface area contributed by atoms with E-state index in [1.165, 1.54) is 5.56 Å². The fourth-order valence-electron chi connectivity index (χ4n) is 3.08.